The molecule has 0 fully saturated rings. The van der Waals surface area contributed by atoms with Crippen LogP contribution in [0.3, 0.4) is 0 Å². The zero-order valence-electron chi connectivity index (χ0n) is 8.57. The van der Waals surface area contributed by atoms with Crippen LogP contribution in [0.1, 0.15) is 18.9 Å². The number of hydrogen-bond acceptors (Lipinski definition) is 2. The van der Waals surface area contributed by atoms with Gasteiger partial charge in [-0.3, -0.25) is 4.79 Å². The second-order valence-electron chi connectivity index (χ2n) is 2.93. The van der Waals surface area contributed by atoms with E-state index in [4.69, 9.17) is 16.3 Å². The van der Waals surface area contributed by atoms with E-state index in [2.05, 4.69) is 0 Å². The average molecular weight is 225 g/mol. The smallest absolute Gasteiger partial charge is 0.309 e. The fourth-order valence-corrected chi connectivity index (χ4v) is 1.31. The zero-order chi connectivity index (χ0) is 11.1. The van der Waals surface area contributed by atoms with Gasteiger partial charge in [-0.15, -0.1) is 0 Å². The molecular weight excluding hydrogens is 212 g/mol. The largest absolute Gasteiger partial charge is 0.466 e. The monoisotopic (exact) mass is 224 g/mol. The van der Waals surface area contributed by atoms with Crippen LogP contribution in [0.4, 0.5) is 0 Å². The molecule has 0 saturated carbocycles. The van der Waals surface area contributed by atoms with Crippen molar-refractivity contribution in [3.63, 3.8) is 0 Å². The summed E-state index contributed by atoms with van der Waals surface area (Å²) in [5.74, 6) is -0.221. The van der Waals surface area contributed by atoms with Gasteiger partial charge in [0.15, 0.2) is 0 Å². The molecule has 0 saturated heterocycles. The molecule has 0 unspecified atom stereocenters. The Balaban J connectivity index is 2.52. The fourth-order valence-electron chi connectivity index (χ4n) is 1.11. The topological polar surface area (TPSA) is 26.3 Å². The van der Waals surface area contributed by atoms with E-state index >= 15 is 0 Å². The summed E-state index contributed by atoms with van der Waals surface area (Å²) >= 11 is 5.93. The maximum atomic E-state index is 11.0. The molecule has 0 radical (unpaired) electrons. The van der Waals surface area contributed by atoms with E-state index in [0.29, 0.717) is 11.6 Å². The minimum Gasteiger partial charge on any atom is -0.466 e. The Morgan fingerprint density at radius 3 is 2.87 bits per heavy atom. The standard InChI is InChI=1S/C12H13ClO2/c1-2-15-12(14)9-5-7-10-6-3-4-8-11(10)13/h3-8H,2,9H2,1H3. The molecule has 0 aliphatic heterocycles. The van der Waals surface area contributed by atoms with Crippen molar-refractivity contribution in [3.05, 3.63) is 40.9 Å². The molecule has 0 aliphatic carbocycles. The van der Waals surface area contributed by atoms with Crippen LogP contribution in [0.15, 0.2) is 30.3 Å². The minimum atomic E-state index is -0.221. The number of esters is 1. The van der Waals surface area contributed by atoms with Gasteiger partial charge in [0.25, 0.3) is 0 Å². The number of ether oxygens (including phenoxy) is 1. The predicted octanol–water partition coefficient (Wildman–Crippen LogP) is 3.31. The molecule has 1 rings (SSSR count). The highest BCUT2D eigenvalue weighted by atomic mass is 35.5. The van der Waals surface area contributed by atoms with E-state index in [1.807, 2.05) is 30.3 Å². The normalized spacial score (nSPS) is 10.5. The molecule has 15 heavy (non-hydrogen) atoms. The van der Waals surface area contributed by atoms with E-state index in [1.165, 1.54) is 0 Å². The van der Waals surface area contributed by atoms with Crippen molar-refractivity contribution < 1.29 is 9.53 Å². The Kier molecular flexibility index (Phi) is 4.91. The Morgan fingerprint density at radius 1 is 1.47 bits per heavy atom. The Hall–Kier alpha value is -1.28. The van der Waals surface area contributed by atoms with Crippen LogP contribution in [0.2, 0.25) is 5.02 Å². The Morgan fingerprint density at radius 2 is 2.20 bits per heavy atom. The van der Waals surface area contributed by atoms with Gasteiger partial charge >= 0.3 is 5.97 Å². The number of rotatable bonds is 4. The minimum absolute atomic E-state index is 0.221. The molecule has 0 spiro atoms. The third kappa shape index (κ3) is 4.17. The molecule has 0 heterocycles. The molecule has 2 nitrogen and oxygen atoms in total. The molecule has 0 bridgehead atoms. The van der Waals surface area contributed by atoms with Crippen LogP contribution < -0.4 is 0 Å². The summed E-state index contributed by atoms with van der Waals surface area (Å²) in [7, 11) is 0. The van der Waals surface area contributed by atoms with Crippen LogP contribution in [0, 0.1) is 0 Å². The number of benzene rings is 1. The average Bonchev–Trinajstić information content (AvgIpc) is 2.21. The Bertz CT molecular complexity index is 358. The first-order chi connectivity index (χ1) is 7.24. The highest BCUT2D eigenvalue weighted by Gasteiger charge is 1.97. The molecule has 1 aromatic rings. The van der Waals surface area contributed by atoms with Gasteiger partial charge in [0.05, 0.1) is 13.0 Å². The summed E-state index contributed by atoms with van der Waals surface area (Å²) in [5.41, 5.74) is 0.906. The molecule has 0 amide bonds. The van der Waals surface area contributed by atoms with Crippen LogP contribution in [0.5, 0.6) is 0 Å². The molecule has 0 aromatic heterocycles. The molecule has 0 aliphatic rings. The van der Waals surface area contributed by atoms with Crippen molar-refractivity contribution in [2.45, 2.75) is 13.3 Å². The zero-order valence-corrected chi connectivity index (χ0v) is 9.33. The van der Waals surface area contributed by atoms with E-state index in [1.54, 1.807) is 13.0 Å². The van der Waals surface area contributed by atoms with Crippen molar-refractivity contribution in [1.82, 2.24) is 0 Å². The number of halogens is 1. The summed E-state index contributed by atoms with van der Waals surface area (Å²) in [6.07, 6.45) is 3.84. The van der Waals surface area contributed by atoms with E-state index < -0.39 is 0 Å². The van der Waals surface area contributed by atoms with E-state index in [9.17, 15) is 4.79 Å². The SMILES string of the molecule is CCOC(=O)CC=Cc1ccccc1Cl. The van der Waals surface area contributed by atoms with Gasteiger partial charge in [0.1, 0.15) is 0 Å². The number of carbonyl (C=O) groups excluding carboxylic acids is 1. The molecule has 0 atom stereocenters. The van der Waals surface area contributed by atoms with Crippen LogP contribution in [-0.2, 0) is 9.53 Å². The summed E-state index contributed by atoms with van der Waals surface area (Å²) in [6, 6.07) is 7.47. The maximum Gasteiger partial charge on any atom is 0.309 e. The second-order valence-corrected chi connectivity index (χ2v) is 3.34. The van der Waals surface area contributed by atoms with Gasteiger partial charge in [0, 0.05) is 5.02 Å². The first kappa shape index (κ1) is 11.8. The molecular formula is C12H13ClO2. The first-order valence-corrected chi connectivity index (χ1v) is 5.18. The van der Waals surface area contributed by atoms with Crippen molar-refractivity contribution in [2.75, 3.05) is 6.61 Å². The molecule has 80 valence electrons. The maximum absolute atomic E-state index is 11.0. The Labute approximate surface area is 94.5 Å². The summed E-state index contributed by atoms with van der Waals surface area (Å²) in [4.78, 5) is 11.0. The highest BCUT2D eigenvalue weighted by molar-refractivity contribution is 6.32. The van der Waals surface area contributed by atoms with Gasteiger partial charge in [-0.05, 0) is 18.6 Å². The van der Waals surface area contributed by atoms with Crippen LogP contribution >= 0.6 is 11.6 Å². The van der Waals surface area contributed by atoms with Crippen molar-refractivity contribution in [3.8, 4) is 0 Å². The van der Waals surface area contributed by atoms with Crippen molar-refractivity contribution in [2.24, 2.45) is 0 Å². The van der Waals surface area contributed by atoms with Crippen LogP contribution in [-0.4, -0.2) is 12.6 Å². The van der Waals surface area contributed by atoms with Crippen molar-refractivity contribution in [1.29, 1.82) is 0 Å². The van der Waals surface area contributed by atoms with Gasteiger partial charge in [-0.25, -0.2) is 0 Å². The molecule has 3 heteroatoms. The number of hydrogen-bond donors (Lipinski definition) is 0. The third-order valence-electron chi connectivity index (χ3n) is 1.79. The van der Waals surface area contributed by atoms with Gasteiger partial charge < -0.3 is 4.74 Å². The third-order valence-corrected chi connectivity index (χ3v) is 2.14. The lowest BCUT2D eigenvalue weighted by molar-refractivity contribution is -0.142. The summed E-state index contributed by atoms with van der Waals surface area (Å²) in [6.45, 7) is 2.20. The van der Waals surface area contributed by atoms with E-state index in [-0.39, 0.29) is 12.4 Å². The predicted molar refractivity (Wildman–Crippen MR) is 61.7 cm³/mol. The van der Waals surface area contributed by atoms with Gasteiger partial charge in [-0.2, -0.15) is 0 Å². The lowest BCUT2D eigenvalue weighted by Gasteiger charge is -1.98. The van der Waals surface area contributed by atoms with Gasteiger partial charge in [-0.1, -0.05) is 42.0 Å². The highest BCUT2D eigenvalue weighted by Crippen LogP contribution is 2.16. The number of carbonyl (C=O) groups is 1. The lowest BCUT2D eigenvalue weighted by Crippen LogP contribution is -2.01. The van der Waals surface area contributed by atoms with E-state index in [0.717, 1.165) is 5.56 Å². The molecule has 0 N–H and O–H groups in total. The molecule has 1 aromatic carbocycles. The first-order valence-electron chi connectivity index (χ1n) is 4.80. The summed E-state index contributed by atoms with van der Waals surface area (Å²) < 4.78 is 4.79. The fraction of sp³-hybridized carbons (Fsp3) is 0.250. The van der Waals surface area contributed by atoms with Crippen molar-refractivity contribution >= 4 is 23.6 Å². The second kappa shape index (κ2) is 6.25. The quantitative estimate of drug-likeness (QED) is 0.734. The summed E-state index contributed by atoms with van der Waals surface area (Å²) in [5, 5.41) is 0.678. The van der Waals surface area contributed by atoms with Gasteiger partial charge in [0.2, 0.25) is 0 Å². The van der Waals surface area contributed by atoms with Crippen LogP contribution in [0.25, 0.3) is 6.08 Å². The lowest BCUT2D eigenvalue weighted by atomic mass is 10.2.